The number of carbonyl (C=O) groups excluding carboxylic acids is 1. The summed E-state index contributed by atoms with van der Waals surface area (Å²) in [5, 5.41) is 8.75. The number of hydrazone groups is 1. The molecule has 2 aromatic carbocycles. The first kappa shape index (κ1) is 19.4. The highest BCUT2D eigenvalue weighted by atomic mass is 16.2. The van der Waals surface area contributed by atoms with E-state index in [1.165, 1.54) is 16.5 Å². The Hall–Kier alpha value is -2.92. The molecule has 0 aliphatic carbocycles. The van der Waals surface area contributed by atoms with Gasteiger partial charge in [0.2, 0.25) is 0 Å². The Morgan fingerprint density at radius 2 is 1.86 bits per heavy atom. The van der Waals surface area contributed by atoms with Crippen molar-refractivity contribution in [2.45, 2.75) is 51.6 Å². The van der Waals surface area contributed by atoms with E-state index in [2.05, 4.69) is 72.8 Å². The van der Waals surface area contributed by atoms with Gasteiger partial charge in [0.05, 0.1) is 12.3 Å². The van der Waals surface area contributed by atoms with E-state index in [1.807, 2.05) is 24.3 Å². The minimum Gasteiger partial charge on any atom is -0.357 e. The molecule has 150 valence electrons. The Bertz CT molecular complexity index is 1060. The number of para-hydroxylation sites is 1. The van der Waals surface area contributed by atoms with Crippen molar-refractivity contribution in [1.82, 2.24) is 15.7 Å². The fourth-order valence-electron chi connectivity index (χ4n) is 3.94. The van der Waals surface area contributed by atoms with E-state index in [1.54, 1.807) is 6.21 Å². The lowest BCUT2D eigenvalue weighted by Crippen LogP contribution is -2.47. The molecule has 1 aromatic heterocycles. The Balaban J connectivity index is 1.43. The van der Waals surface area contributed by atoms with Crippen LogP contribution >= 0.6 is 0 Å². The second kappa shape index (κ2) is 7.48. The summed E-state index contributed by atoms with van der Waals surface area (Å²) in [5.74, 6) is -0.115. The quantitative estimate of drug-likeness (QED) is 0.465. The van der Waals surface area contributed by atoms with Crippen LogP contribution in [0.2, 0.25) is 0 Å². The van der Waals surface area contributed by atoms with Crippen molar-refractivity contribution in [3.8, 4) is 0 Å². The molecule has 1 amide bonds. The SMILES string of the molecule is C[C@@H]1N[C@H](C(=O)N/N=C/c2ccc(C(C)(C)C)cc2)Cc2c1[nH]c1ccccc21. The minimum absolute atomic E-state index is 0.0795. The van der Waals surface area contributed by atoms with Crippen LogP contribution in [-0.2, 0) is 16.6 Å². The molecule has 0 bridgehead atoms. The van der Waals surface area contributed by atoms with Gasteiger partial charge in [0.25, 0.3) is 5.91 Å². The highest BCUT2D eigenvalue weighted by molar-refractivity contribution is 5.89. The summed E-state index contributed by atoms with van der Waals surface area (Å²) < 4.78 is 0. The topological polar surface area (TPSA) is 69.3 Å². The van der Waals surface area contributed by atoms with Crippen LogP contribution in [0.4, 0.5) is 0 Å². The molecule has 5 nitrogen and oxygen atoms in total. The fourth-order valence-corrected chi connectivity index (χ4v) is 3.94. The van der Waals surface area contributed by atoms with E-state index < -0.39 is 0 Å². The van der Waals surface area contributed by atoms with Crippen molar-refractivity contribution < 1.29 is 4.79 Å². The predicted molar refractivity (Wildman–Crippen MR) is 118 cm³/mol. The molecule has 0 spiro atoms. The number of benzene rings is 2. The average Bonchev–Trinajstić information content (AvgIpc) is 3.07. The highest BCUT2D eigenvalue weighted by Gasteiger charge is 2.30. The molecule has 3 N–H and O–H groups in total. The largest absolute Gasteiger partial charge is 0.357 e. The van der Waals surface area contributed by atoms with Crippen LogP contribution in [0.1, 0.15) is 56.1 Å². The lowest BCUT2D eigenvalue weighted by Gasteiger charge is -2.27. The molecule has 1 aliphatic rings. The van der Waals surface area contributed by atoms with E-state index in [-0.39, 0.29) is 23.4 Å². The van der Waals surface area contributed by atoms with E-state index in [0.29, 0.717) is 6.42 Å². The maximum Gasteiger partial charge on any atom is 0.257 e. The maximum atomic E-state index is 12.7. The molecular weight excluding hydrogens is 360 g/mol. The highest BCUT2D eigenvalue weighted by Crippen LogP contribution is 2.31. The second-order valence-electron chi connectivity index (χ2n) is 8.81. The van der Waals surface area contributed by atoms with Gasteiger partial charge in [-0.15, -0.1) is 0 Å². The molecule has 0 fully saturated rings. The zero-order valence-electron chi connectivity index (χ0n) is 17.4. The second-order valence-corrected chi connectivity index (χ2v) is 8.81. The number of nitrogens with zero attached hydrogens (tertiary/aromatic N) is 1. The molecule has 3 aromatic rings. The van der Waals surface area contributed by atoms with Gasteiger partial charge in [-0.25, -0.2) is 5.43 Å². The van der Waals surface area contributed by atoms with Gasteiger partial charge in [-0.2, -0.15) is 5.10 Å². The molecule has 1 aliphatic heterocycles. The van der Waals surface area contributed by atoms with Gasteiger partial charge in [0, 0.05) is 22.6 Å². The number of aromatic amines is 1. The van der Waals surface area contributed by atoms with Gasteiger partial charge in [0.1, 0.15) is 0 Å². The van der Waals surface area contributed by atoms with E-state index in [0.717, 1.165) is 16.8 Å². The first-order chi connectivity index (χ1) is 13.8. The smallest absolute Gasteiger partial charge is 0.257 e. The summed E-state index contributed by atoms with van der Waals surface area (Å²) in [4.78, 5) is 16.2. The summed E-state index contributed by atoms with van der Waals surface area (Å²) >= 11 is 0. The van der Waals surface area contributed by atoms with Gasteiger partial charge in [-0.3, -0.25) is 10.1 Å². The normalized spacial score (nSPS) is 19.4. The van der Waals surface area contributed by atoms with Crippen LogP contribution in [0, 0.1) is 0 Å². The van der Waals surface area contributed by atoms with E-state index in [9.17, 15) is 4.79 Å². The van der Waals surface area contributed by atoms with Crippen molar-refractivity contribution in [3.05, 3.63) is 70.9 Å². The van der Waals surface area contributed by atoms with Crippen LogP contribution in [0.15, 0.2) is 53.6 Å². The zero-order chi connectivity index (χ0) is 20.6. The molecule has 2 atom stereocenters. The van der Waals surface area contributed by atoms with Crippen molar-refractivity contribution in [2.24, 2.45) is 5.10 Å². The van der Waals surface area contributed by atoms with Crippen LogP contribution in [0.3, 0.4) is 0 Å². The van der Waals surface area contributed by atoms with Crippen LogP contribution in [0.25, 0.3) is 10.9 Å². The number of H-pyrrole nitrogens is 1. The number of fused-ring (bicyclic) bond motifs is 3. The molecule has 5 heteroatoms. The third kappa shape index (κ3) is 3.96. The minimum atomic E-state index is -0.308. The number of hydrogen-bond acceptors (Lipinski definition) is 3. The molecule has 0 saturated heterocycles. The Morgan fingerprint density at radius 3 is 2.59 bits per heavy atom. The van der Waals surface area contributed by atoms with Gasteiger partial charge >= 0.3 is 0 Å². The number of carbonyl (C=O) groups is 1. The molecule has 2 heterocycles. The van der Waals surface area contributed by atoms with Gasteiger partial charge in [-0.05, 0) is 41.5 Å². The molecule has 0 radical (unpaired) electrons. The van der Waals surface area contributed by atoms with Gasteiger partial charge in [-0.1, -0.05) is 63.2 Å². The average molecular weight is 389 g/mol. The summed E-state index contributed by atoms with van der Waals surface area (Å²) in [5.41, 5.74) is 8.54. The maximum absolute atomic E-state index is 12.7. The standard InChI is InChI=1S/C24H28N4O/c1-15-22-19(18-7-5-6-8-20(18)27-22)13-21(26-15)23(29)28-25-14-16-9-11-17(12-10-16)24(2,3)4/h5-12,14-15,21,26-27H,13H2,1-4H3,(H,28,29)/b25-14+/t15-,21-/m0/s1. The van der Waals surface area contributed by atoms with Crippen LogP contribution in [-0.4, -0.2) is 23.1 Å². The van der Waals surface area contributed by atoms with Gasteiger partial charge in [0.15, 0.2) is 0 Å². The van der Waals surface area contributed by atoms with Crippen LogP contribution < -0.4 is 10.7 Å². The number of amides is 1. The van der Waals surface area contributed by atoms with E-state index >= 15 is 0 Å². The molecule has 0 saturated carbocycles. The number of hydrogen-bond donors (Lipinski definition) is 3. The zero-order valence-corrected chi connectivity index (χ0v) is 17.4. The Morgan fingerprint density at radius 1 is 1.14 bits per heavy atom. The van der Waals surface area contributed by atoms with Crippen molar-refractivity contribution in [3.63, 3.8) is 0 Å². The fraction of sp³-hybridized carbons (Fsp3) is 0.333. The Kier molecular flexibility index (Phi) is 5.01. The van der Waals surface area contributed by atoms with Crippen molar-refractivity contribution >= 4 is 23.0 Å². The third-order valence-corrected chi connectivity index (χ3v) is 5.62. The molecule has 29 heavy (non-hydrogen) atoms. The van der Waals surface area contributed by atoms with Gasteiger partial charge < -0.3 is 4.98 Å². The monoisotopic (exact) mass is 388 g/mol. The van der Waals surface area contributed by atoms with E-state index in [4.69, 9.17) is 0 Å². The third-order valence-electron chi connectivity index (χ3n) is 5.62. The summed E-state index contributed by atoms with van der Waals surface area (Å²) in [7, 11) is 0. The summed E-state index contributed by atoms with van der Waals surface area (Å²) in [6, 6.07) is 16.3. The van der Waals surface area contributed by atoms with Crippen LogP contribution in [0.5, 0.6) is 0 Å². The van der Waals surface area contributed by atoms with Crippen molar-refractivity contribution in [2.75, 3.05) is 0 Å². The summed E-state index contributed by atoms with van der Waals surface area (Å²) in [6.45, 7) is 8.64. The number of aromatic nitrogens is 1. The molecule has 0 unspecified atom stereocenters. The lowest BCUT2D eigenvalue weighted by molar-refractivity contribution is -0.123. The molecular formula is C24H28N4O. The predicted octanol–water partition coefficient (Wildman–Crippen LogP) is 4.19. The first-order valence-corrected chi connectivity index (χ1v) is 10.1. The lowest BCUT2D eigenvalue weighted by atomic mass is 9.87. The first-order valence-electron chi connectivity index (χ1n) is 10.1. The Labute approximate surface area is 171 Å². The van der Waals surface area contributed by atoms with Crippen molar-refractivity contribution in [1.29, 1.82) is 0 Å². The molecule has 4 rings (SSSR count). The number of rotatable bonds is 3. The number of nitrogens with one attached hydrogen (secondary N) is 3. The summed E-state index contributed by atoms with van der Waals surface area (Å²) in [6.07, 6.45) is 2.33.